The quantitative estimate of drug-likeness (QED) is 0.369. The van der Waals surface area contributed by atoms with Gasteiger partial charge in [0, 0.05) is 37.2 Å². The van der Waals surface area contributed by atoms with E-state index in [0.29, 0.717) is 6.42 Å². The summed E-state index contributed by atoms with van der Waals surface area (Å²) in [6.45, 7) is 11.9. The minimum atomic E-state index is -0.443. The first kappa shape index (κ1) is 26.0. The number of aliphatic hydroxyl groups excluding tert-OH is 2. The summed E-state index contributed by atoms with van der Waals surface area (Å²) in [6.07, 6.45) is -0.434. The van der Waals surface area contributed by atoms with Crippen molar-refractivity contribution in [2.24, 2.45) is 10.8 Å². The zero-order valence-corrected chi connectivity index (χ0v) is 21.1. The van der Waals surface area contributed by atoms with Crippen LogP contribution in [0.4, 0.5) is 0 Å². The van der Waals surface area contributed by atoms with E-state index in [0.717, 1.165) is 16.1 Å². The fourth-order valence-electron chi connectivity index (χ4n) is 2.43. The first-order valence-corrected chi connectivity index (χ1v) is 10.5. The molecule has 0 saturated carbocycles. The monoisotopic (exact) mass is 593 g/mol. The van der Waals surface area contributed by atoms with Gasteiger partial charge in [0.2, 0.25) is 0 Å². The molecular weight excluding hydrogens is 561 g/mol. The minimum Gasteiger partial charge on any atom is -0.392 e. The molecule has 162 valence electrons. The molecule has 3 rings (SSSR count). The van der Waals surface area contributed by atoms with Crippen molar-refractivity contribution in [3.8, 4) is 10.6 Å². The van der Waals surface area contributed by atoms with E-state index < -0.39 is 12.2 Å². The third-order valence-electron chi connectivity index (χ3n) is 4.68. The molecule has 0 amide bonds. The predicted molar refractivity (Wildman–Crippen MR) is 119 cm³/mol. The molecule has 2 aromatic carbocycles. The molecule has 2 N–H and O–H groups in total. The van der Waals surface area contributed by atoms with Crippen LogP contribution in [0.2, 0.25) is 0 Å². The van der Waals surface area contributed by atoms with Crippen LogP contribution >= 0.6 is 11.3 Å². The van der Waals surface area contributed by atoms with Crippen molar-refractivity contribution in [3.63, 3.8) is 0 Å². The average molecular weight is 594 g/mol. The molecule has 2 atom stereocenters. The van der Waals surface area contributed by atoms with Gasteiger partial charge in [-0.1, -0.05) is 53.7 Å². The van der Waals surface area contributed by atoms with E-state index in [9.17, 15) is 10.2 Å². The number of aromatic nitrogens is 1. The Kier molecular flexibility index (Phi) is 9.69. The Balaban J connectivity index is 0.000000285. The molecule has 0 aliphatic rings. The second kappa shape index (κ2) is 10.8. The van der Waals surface area contributed by atoms with Crippen LogP contribution in [-0.4, -0.2) is 27.4 Å². The van der Waals surface area contributed by atoms with Crippen LogP contribution in [0.1, 0.15) is 48.0 Å². The average Bonchev–Trinajstić information content (AvgIpc) is 3.05. The Morgan fingerprint density at radius 3 is 1.93 bits per heavy atom. The third-order valence-corrected chi connectivity index (χ3v) is 5.75. The van der Waals surface area contributed by atoms with Crippen LogP contribution in [0, 0.1) is 16.9 Å². The van der Waals surface area contributed by atoms with E-state index in [4.69, 9.17) is 0 Å². The van der Waals surface area contributed by atoms with Gasteiger partial charge < -0.3 is 10.2 Å². The van der Waals surface area contributed by atoms with E-state index in [1.165, 1.54) is 4.70 Å². The van der Waals surface area contributed by atoms with E-state index in [1.54, 1.807) is 11.3 Å². The molecular formula is C24H32NO2PtS-. The van der Waals surface area contributed by atoms with Gasteiger partial charge in [-0.15, -0.1) is 35.9 Å². The summed E-state index contributed by atoms with van der Waals surface area (Å²) in [5.74, 6) is 0. The van der Waals surface area contributed by atoms with Gasteiger partial charge in [-0.25, -0.2) is 0 Å². The Morgan fingerprint density at radius 2 is 1.45 bits per heavy atom. The number of nitrogens with zero attached hydrogens (tertiary/aromatic N) is 1. The summed E-state index contributed by atoms with van der Waals surface area (Å²) in [6, 6.07) is 19.3. The molecule has 0 bridgehead atoms. The Morgan fingerprint density at radius 1 is 0.897 bits per heavy atom. The summed E-state index contributed by atoms with van der Waals surface area (Å²) in [4.78, 5) is 4.57. The van der Waals surface area contributed by atoms with Crippen LogP contribution < -0.4 is 0 Å². The Hall–Kier alpha value is -1.06. The van der Waals surface area contributed by atoms with Crippen LogP contribution in [0.3, 0.4) is 0 Å². The molecule has 0 radical (unpaired) electrons. The van der Waals surface area contributed by atoms with Gasteiger partial charge in [0.25, 0.3) is 0 Å². The van der Waals surface area contributed by atoms with E-state index in [2.05, 4.69) is 17.1 Å². The molecule has 29 heavy (non-hydrogen) atoms. The van der Waals surface area contributed by atoms with E-state index in [1.807, 2.05) is 84.0 Å². The minimum absolute atomic E-state index is 0. The van der Waals surface area contributed by atoms with Gasteiger partial charge in [-0.05, 0) is 23.0 Å². The summed E-state index contributed by atoms with van der Waals surface area (Å²) in [5, 5.41) is 20.6. The number of aliphatic hydroxyl groups is 2. The second-order valence-electron chi connectivity index (χ2n) is 9.26. The summed E-state index contributed by atoms with van der Waals surface area (Å²) in [5.41, 5.74) is 1.84. The summed E-state index contributed by atoms with van der Waals surface area (Å²) >= 11 is 1.71. The van der Waals surface area contributed by atoms with Crippen LogP contribution in [0.15, 0.2) is 48.5 Å². The van der Waals surface area contributed by atoms with Crippen LogP contribution in [0.5, 0.6) is 0 Å². The fraction of sp³-hybridized carbons (Fsp3) is 0.458. The SMILES string of the molecule is CC(C)(C)C(O)CC(O)C(C)(C)C.[Pt].[c-]1ccccc1-c1nc2ccccc2s1. The number of rotatable bonds is 3. The maximum atomic E-state index is 9.76. The third kappa shape index (κ3) is 7.94. The van der Waals surface area contributed by atoms with Gasteiger partial charge in [0.1, 0.15) is 0 Å². The number of hydrogen-bond acceptors (Lipinski definition) is 4. The number of thiazole rings is 1. The first-order valence-electron chi connectivity index (χ1n) is 9.67. The van der Waals surface area contributed by atoms with Gasteiger partial charge in [0.15, 0.2) is 0 Å². The van der Waals surface area contributed by atoms with Crippen LogP contribution in [0.25, 0.3) is 20.8 Å². The van der Waals surface area contributed by atoms with Gasteiger partial charge in [-0.3, -0.25) is 4.98 Å². The summed E-state index contributed by atoms with van der Waals surface area (Å²) < 4.78 is 1.23. The zero-order chi connectivity index (χ0) is 20.9. The normalized spacial score (nSPS) is 13.8. The van der Waals surface area contributed by atoms with Crippen molar-refractivity contribution in [2.45, 2.75) is 60.2 Å². The predicted octanol–water partition coefficient (Wildman–Crippen LogP) is 5.95. The molecule has 0 aliphatic carbocycles. The van der Waals surface area contributed by atoms with Crippen molar-refractivity contribution in [1.82, 2.24) is 4.98 Å². The van der Waals surface area contributed by atoms with Crippen molar-refractivity contribution < 1.29 is 31.3 Å². The molecule has 0 fully saturated rings. The number of benzene rings is 2. The van der Waals surface area contributed by atoms with Crippen molar-refractivity contribution >= 4 is 21.6 Å². The molecule has 0 saturated heterocycles. The smallest absolute Gasteiger partial charge is 0.0697 e. The number of fused-ring (bicyclic) bond motifs is 1. The van der Waals surface area contributed by atoms with E-state index in [-0.39, 0.29) is 31.9 Å². The van der Waals surface area contributed by atoms with Gasteiger partial charge in [0.05, 0.1) is 17.7 Å². The molecule has 3 aromatic rings. The van der Waals surface area contributed by atoms with E-state index >= 15 is 0 Å². The molecule has 5 heteroatoms. The molecule has 0 spiro atoms. The Bertz CT molecular complexity index is 815. The largest absolute Gasteiger partial charge is 0.392 e. The maximum absolute atomic E-state index is 9.76. The van der Waals surface area contributed by atoms with Crippen molar-refractivity contribution in [1.29, 1.82) is 0 Å². The molecule has 2 unspecified atom stereocenters. The Labute approximate surface area is 193 Å². The summed E-state index contributed by atoms with van der Waals surface area (Å²) in [7, 11) is 0. The first-order chi connectivity index (χ1) is 13.0. The van der Waals surface area contributed by atoms with Crippen molar-refractivity contribution in [2.75, 3.05) is 0 Å². The molecule has 3 nitrogen and oxygen atoms in total. The fourth-order valence-corrected chi connectivity index (χ4v) is 3.39. The topological polar surface area (TPSA) is 53.4 Å². The van der Waals surface area contributed by atoms with Gasteiger partial charge in [-0.2, -0.15) is 11.3 Å². The maximum Gasteiger partial charge on any atom is 0.0697 e. The van der Waals surface area contributed by atoms with Crippen LogP contribution in [-0.2, 0) is 21.1 Å². The standard InChI is InChI=1S/C13H8NS.C11H24O2.Pt/c1-2-6-10(7-3-1)13-14-11-8-4-5-9-12(11)15-13;1-10(2,3)8(12)7-9(13)11(4,5)6;/h1-6,8-9H;8-9,12-13H,7H2,1-6H3;/q-1;;. The second-order valence-corrected chi connectivity index (χ2v) is 10.3. The molecule has 1 aromatic heterocycles. The number of para-hydroxylation sites is 1. The molecule has 1 heterocycles. The number of hydrogen-bond donors (Lipinski definition) is 2. The van der Waals surface area contributed by atoms with Gasteiger partial charge >= 0.3 is 0 Å². The zero-order valence-electron chi connectivity index (χ0n) is 18.0. The van der Waals surface area contributed by atoms with Crippen molar-refractivity contribution in [3.05, 3.63) is 54.6 Å². The molecule has 0 aliphatic heterocycles.